The van der Waals surface area contributed by atoms with Gasteiger partial charge in [-0.1, -0.05) is 52.9 Å². The maximum Gasteiger partial charge on any atom is 0.329 e. The summed E-state index contributed by atoms with van der Waals surface area (Å²) in [6.45, 7) is 0.306. The van der Waals surface area contributed by atoms with Gasteiger partial charge >= 0.3 is 12.1 Å². The molecule has 0 saturated heterocycles. The van der Waals surface area contributed by atoms with Crippen molar-refractivity contribution in [2.24, 2.45) is 0 Å². The van der Waals surface area contributed by atoms with Crippen molar-refractivity contribution in [3.63, 3.8) is 0 Å². The summed E-state index contributed by atoms with van der Waals surface area (Å²) in [5, 5.41) is 6.49. The average molecular weight is 361 g/mol. The van der Waals surface area contributed by atoms with Crippen LogP contribution in [0, 0.1) is 0 Å². The maximum absolute atomic E-state index is 11.3. The molecule has 0 bridgehead atoms. The number of hydrogen-bond acceptors (Lipinski definition) is 3. The van der Waals surface area contributed by atoms with Crippen molar-refractivity contribution in [1.29, 1.82) is 0 Å². The van der Waals surface area contributed by atoms with Crippen molar-refractivity contribution in [2.75, 3.05) is 4.43 Å². The molecule has 18 heavy (non-hydrogen) atoms. The van der Waals surface area contributed by atoms with Gasteiger partial charge in [-0.3, -0.25) is 15.4 Å². The first-order valence-electron chi connectivity index (χ1n) is 5.10. The topological polar surface area (TPSA) is 87.3 Å². The van der Waals surface area contributed by atoms with Crippen molar-refractivity contribution in [1.82, 2.24) is 16.0 Å². The quantitative estimate of drug-likeness (QED) is 0.558. The van der Waals surface area contributed by atoms with Gasteiger partial charge in [0.05, 0.1) is 4.43 Å². The van der Waals surface area contributed by atoms with E-state index in [2.05, 4.69) is 5.32 Å². The van der Waals surface area contributed by atoms with Gasteiger partial charge in [0.1, 0.15) is 0 Å². The molecule has 0 heterocycles. The summed E-state index contributed by atoms with van der Waals surface area (Å²) in [5.41, 5.74) is 0.913. The summed E-state index contributed by atoms with van der Waals surface area (Å²) in [6.07, 6.45) is 0. The molecule has 96 valence electrons. The van der Waals surface area contributed by atoms with Crippen LogP contribution >= 0.6 is 22.6 Å². The van der Waals surface area contributed by atoms with Crippen LogP contribution in [-0.2, 0) is 11.3 Å². The number of urea groups is 2. The highest BCUT2D eigenvalue weighted by molar-refractivity contribution is 14.1. The molecule has 0 aliphatic heterocycles. The number of carbonyl (C=O) groups is 3. The fraction of sp³-hybridized carbons (Fsp3) is 0.182. The van der Waals surface area contributed by atoms with Crippen LogP contribution in [0.4, 0.5) is 9.59 Å². The second kappa shape index (κ2) is 7.64. The first kappa shape index (κ1) is 14.4. The second-order valence-corrected chi connectivity index (χ2v) is 4.07. The van der Waals surface area contributed by atoms with Gasteiger partial charge in [-0.2, -0.15) is 0 Å². The standard InChI is InChI=1S/C11H12IN3O3/c12-6-9(16)14-11(18)15-10(17)13-7-8-4-2-1-3-5-8/h1-5H,6-7H2,(H3,13,14,15,16,17,18). The van der Waals surface area contributed by atoms with Gasteiger partial charge in [0.2, 0.25) is 5.91 Å². The highest BCUT2D eigenvalue weighted by Crippen LogP contribution is 1.96. The predicted molar refractivity (Wildman–Crippen MR) is 74.2 cm³/mol. The number of hydrogen-bond donors (Lipinski definition) is 3. The predicted octanol–water partition coefficient (Wildman–Crippen LogP) is 1.16. The summed E-state index contributed by atoms with van der Waals surface area (Å²) >= 11 is 1.81. The molecule has 6 nitrogen and oxygen atoms in total. The highest BCUT2D eigenvalue weighted by atomic mass is 127. The Kier molecular flexibility index (Phi) is 6.12. The van der Waals surface area contributed by atoms with E-state index < -0.39 is 18.0 Å². The molecule has 0 aromatic heterocycles. The number of halogens is 1. The van der Waals surface area contributed by atoms with E-state index >= 15 is 0 Å². The van der Waals surface area contributed by atoms with Crippen molar-refractivity contribution in [2.45, 2.75) is 6.54 Å². The Bertz CT molecular complexity index is 436. The van der Waals surface area contributed by atoms with Crippen molar-refractivity contribution in [3.8, 4) is 0 Å². The minimum Gasteiger partial charge on any atom is -0.334 e. The molecule has 0 atom stereocenters. The fourth-order valence-electron chi connectivity index (χ4n) is 1.12. The molecule has 0 aliphatic carbocycles. The summed E-state index contributed by atoms with van der Waals surface area (Å²) in [7, 11) is 0. The third-order valence-electron chi connectivity index (χ3n) is 1.90. The molecule has 0 fully saturated rings. The van der Waals surface area contributed by atoms with E-state index in [0.29, 0.717) is 6.54 Å². The van der Waals surface area contributed by atoms with Crippen molar-refractivity contribution < 1.29 is 14.4 Å². The van der Waals surface area contributed by atoms with Gasteiger partial charge in [-0.05, 0) is 5.56 Å². The third-order valence-corrected chi connectivity index (χ3v) is 2.59. The van der Waals surface area contributed by atoms with Crippen LogP contribution in [0.3, 0.4) is 0 Å². The lowest BCUT2D eigenvalue weighted by Gasteiger charge is -2.06. The molecule has 1 aromatic rings. The number of rotatable bonds is 3. The molecule has 3 N–H and O–H groups in total. The van der Waals surface area contributed by atoms with Crippen LogP contribution in [0.5, 0.6) is 0 Å². The molecule has 5 amide bonds. The zero-order chi connectivity index (χ0) is 13.4. The minimum atomic E-state index is -0.831. The molecule has 0 unspecified atom stereocenters. The average Bonchev–Trinajstić information content (AvgIpc) is 2.37. The molecule has 1 rings (SSSR count). The first-order chi connectivity index (χ1) is 8.61. The summed E-state index contributed by atoms with van der Waals surface area (Å²) in [6, 6.07) is 7.77. The third kappa shape index (κ3) is 5.62. The Labute approximate surface area is 118 Å². The van der Waals surface area contributed by atoms with Crippen LogP contribution in [0.1, 0.15) is 5.56 Å². The Morgan fingerprint density at radius 3 is 2.28 bits per heavy atom. The lowest BCUT2D eigenvalue weighted by atomic mass is 10.2. The van der Waals surface area contributed by atoms with E-state index in [0.717, 1.165) is 5.56 Å². The van der Waals surface area contributed by atoms with Gasteiger partial charge in [0.25, 0.3) is 0 Å². The molecule has 0 spiro atoms. The van der Waals surface area contributed by atoms with E-state index in [1.165, 1.54) is 0 Å². The van der Waals surface area contributed by atoms with Gasteiger partial charge < -0.3 is 5.32 Å². The molecule has 0 saturated carbocycles. The number of carbonyl (C=O) groups excluding carboxylic acids is 3. The Morgan fingerprint density at radius 1 is 1.00 bits per heavy atom. The van der Waals surface area contributed by atoms with E-state index in [9.17, 15) is 14.4 Å². The van der Waals surface area contributed by atoms with E-state index in [-0.39, 0.29) is 4.43 Å². The van der Waals surface area contributed by atoms with Gasteiger partial charge in [-0.15, -0.1) is 0 Å². The van der Waals surface area contributed by atoms with Gasteiger partial charge in [-0.25, -0.2) is 9.59 Å². The largest absolute Gasteiger partial charge is 0.334 e. The molecule has 1 aromatic carbocycles. The van der Waals surface area contributed by atoms with E-state index in [1.54, 1.807) is 0 Å². The Hall–Kier alpha value is -1.64. The number of amides is 5. The fourth-order valence-corrected chi connectivity index (χ4v) is 1.31. The lowest BCUT2D eigenvalue weighted by molar-refractivity contribution is -0.117. The van der Waals surface area contributed by atoms with E-state index in [4.69, 9.17) is 0 Å². The van der Waals surface area contributed by atoms with Crippen LogP contribution in [0.25, 0.3) is 0 Å². The van der Waals surface area contributed by atoms with Crippen molar-refractivity contribution >= 4 is 40.6 Å². The Balaban J connectivity index is 2.30. The van der Waals surface area contributed by atoms with Crippen LogP contribution in [0.2, 0.25) is 0 Å². The summed E-state index contributed by atoms with van der Waals surface area (Å²) in [4.78, 5) is 33.3. The summed E-state index contributed by atoms with van der Waals surface area (Å²) < 4.78 is 0.150. The zero-order valence-corrected chi connectivity index (χ0v) is 11.6. The van der Waals surface area contributed by atoms with Crippen LogP contribution in [0.15, 0.2) is 30.3 Å². The number of nitrogens with one attached hydrogen (secondary N) is 3. The smallest absolute Gasteiger partial charge is 0.329 e. The maximum atomic E-state index is 11.3. The molecular formula is C11H12IN3O3. The number of alkyl halides is 1. The summed E-state index contributed by atoms with van der Waals surface area (Å²) in [5.74, 6) is -0.455. The second-order valence-electron chi connectivity index (χ2n) is 3.30. The number of benzene rings is 1. The molecular weight excluding hydrogens is 349 g/mol. The van der Waals surface area contributed by atoms with E-state index in [1.807, 2.05) is 63.6 Å². The SMILES string of the molecule is O=C(CI)NC(=O)NC(=O)NCc1ccccc1. The lowest BCUT2D eigenvalue weighted by Crippen LogP contribution is -2.46. The van der Waals surface area contributed by atoms with Crippen LogP contribution in [-0.4, -0.2) is 22.4 Å². The zero-order valence-electron chi connectivity index (χ0n) is 9.40. The highest BCUT2D eigenvalue weighted by Gasteiger charge is 2.09. The van der Waals surface area contributed by atoms with Crippen LogP contribution < -0.4 is 16.0 Å². The minimum absolute atomic E-state index is 0.150. The van der Waals surface area contributed by atoms with Gasteiger partial charge in [0.15, 0.2) is 0 Å². The monoisotopic (exact) mass is 361 g/mol. The molecule has 0 aliphatic rings. The van der Waals surface area contributed by atoms with Crippen molar-refractivity contribution in [3.05, 3.63) is 35.9 Å². The Morgan fingerprint density at radius 2 is 1.67 bits per heavy atom. The molecule has 0 radical (unpaired) electrons. The first-order valence-corrected chi connectivity index (χ1v) is 6.63. The van der Waals surface area contributed by atoms with Gasteiger partial charge in [0, 0.05) is 6.54 Å². The number of imide groups is 2. The normalized spacial score (nSPS) is 9.39. The molecule has 7 heteroatoms.